The number of rotatable bonds is 2. The molecule has 10 heavy (non-hydrogen) atoms. The fourth-order valence-corrected chi connectivity index (χ4v) is 0.658. The molecular formula is C5H11N5. The van der Waals surface area contributed by atoms with Crippen LogP contribution in [0.25, 0.3) is 0 Å². The summed E-state index contributed by atoms with van der Waals surface area (Å²) >= 11 is 0. The SMILES string of the molecule is Cc1nnn(C[C@@H](C)N)n1. The molecule has 1 atom stereocenters. The summed E-state index contributed by atoms with van der Waals surface area (Å²) in [6, 6.07) is 0.0774. The molecule has 0 bridgehead atoms. The Kier molecular flexibility index (Phi) is 1.96. The van der Waals surface area contributed by atoms with Crippen molar-refractivity contribution in [3.63, 3.8) is 0 Å². The van der Waals surface area contributed by atoms with E-state index in [0.29, 0.717) is 12.4 Å². The highest BCUT2D eigenvalue weighted by molar-refractivity contribution is 4.67. The van der Waals surface area contributed by atoms with Gasteiger partial charge in [-0.15, -0.1) is 10.2 Å². The van der Waals surface area contributed by atoms with Gasteiger partial charge >= 0.3 is 0 Å². The van der Waals surface area contributed by atoms with Gasteiger partial charge in [-0.2, -0.15) is 4.80 Å². The Labute approximate surface area is 59.2 Å². The second-order valence-electron chi connectivity index (χ2n) is 2.37. The third kappa shape index (κ3) is 1.77. The maximum Gasteiger partial charge on any atom is 0.171 e. The van der Waals surface area contributed by atoms with E-state index in [2.05, 4.69) is 15.4 Å². The summed E-state index contributed by atoms with van der Waals surface area (Å²) in [5.74, 6) is 0.681. The van der Waals surface area contributed by atoms with Crippen LogP contribution in [0.4, 0.5) is 0 Å². The van der Waals surface area contributed by atoms with E-state index in [1.807, 2.05) is 6.92 Å². The third-order valence-electron chi connectivity index (χ3n) is 1.00. The van der Waals surface area contributed by atoms with Crippen molar-refractivity contribution in [1.82, 2.24) is 20.2 Å². The van der Waals surface area contributed by atoms with Crippen molar-refractivity contribution >= 4 is 0 Å². The highest BCUT2D eigenvalue weighted by atomic mass is 15.6. The normalized spacial score (nSPS) is 13.5. The van der Waals surface area contributed by atoms with E-state index in [4.69, 9.17) is 5.73 Å². The predicted octanol–water partition coefficient (Wildman–Crippen LogP) is -0.671. The minimum Gasteiger partial charge on any atom is -0.326 e. The number of tetrazole rings is 1. The molecule has 1 aromatic rings. The van der Waals surface area contributed by atoms with Crippen LogP contribution in [-0.4, -0.2) is 26.2 Å². The monoisotopic (exact) mass is 141 g/mol. The Balaban J connectivity index is 2.58. The summed E-state index contributed by atoms with van der Waals surface area (Å²) in [5, 5.41) is 11.4. The van der Waals surface area contributed by atoms with Crippen LogP contribution in [0, 0.1) is 6.92 Å². The van der Waals surface area contributed by atoms with Gasteiger partial charge in [0.15, 0.2) is 5.82 Å². The number of nitrogens with two attached hydrogens (primary N) is 1. The van der Waals surface area contributed by atoms with Crippen molar-refractivity contribution in [3.8, 4) is 0 Å². The fraction of sp³-hybridized carbons (Fsp3) is 0.800. The lowest BCUT2D eigenvalue weighted by Crippen LogP contribution is -2.23. The Morgan fingerprint density at radius 2 is 2.40 bits per heavy atom. The summed E-state index contributed by atoms with van der Waals surface area (Å²) in [6.45, 7) is 4.32. The van der Waals surface area contributed by atoms with Crippen LogP contribution in [0.15, 0.2) is 0 Å². The molecule has 5 heteroatoms. The summed E-state index contributed by atoms with van der Waals surface area (Å²) in [4.78, 5) is 1.50. The molecule has 0 aliphatic heterocycles. The lowest BCUT2D eigenvalue weighted by molar-refractivity contribution is 0.471. The highest BCUT2D eigenvalue weighted by Gasteiger charge is 1.98. The highest BCUT2D eigenvalue weighted by Crippen LogP contribution is 1.84. The minimum atomic E-state index is 0.0774. The zero-order chi connectivity index (χ0) is 7.56. The summed E-state index contributed by atoms with van der Waals surface area (Å²) < 4.78 is 0. The van der Waals surface area contributed by atoms with Gasteiger partial charge in [-0.3, -0.25) is 0 Å². The zero-order valence-electron chi connectivity index (χ0n) is 6.15. The molecule has 0 saturated heterocycles. The van der Waals surface area contributed by atoms with Crippen LogP contribution < -0.4 is 5.73 Å². The molecule has 0 aromatic carbocycles. The van der Waals surface area contributed by atoms with Crippen LogP contribution >= 0.6 is 0 Å². The Bertz CT molecular complexity index is 204. The fourth-order valence-electron chi connectivity index (χ4n) is 0.658. The number of hydrogen-bond acceptors (Lipinski definition) is 4. The molecule has 1 aromatic heterocycles. The van der Waals surface area contributed by atoms with E-state index in [0.717, 1.165) is 0 Å². The zero-order valence-corrected chi connectivity index (χ0v) is 6.15. The molecular weight excluding hydrogens is 130 g/mol. The average Bonchev–Trinajstić information content (AvgIpc) is 2.13. The third-order valence-corrected chi connectivity index (χ3v) is 1.00. The van der Waals surface area contributed by atoms with E-state index < -0.39 is 0 Å². The Morgan fingerprint density at radius 3 is 2.80 bits per heavy atom. The molecule has 5 nitrogen and oxygen atoms in total. The molecule has 0 spiro atoms. The predicted molar refractivity (Wildman–Crippen MR) is 36.2 cm³/mol. The van der Waals surface area contributed by atoms with E-state index in [-0.39, 0.29) is 6.04 Å². The van der Waals surface area contributed by atoms with E-state index >= 15 is 0 Å². The van der Waals surface area contributed by atoms with E-state index in [1.165, 1.54) is 4.80 Å². The molecule has 0 fully saturated rings. The second kappa shape index (κ2) is 2.74. The number of aromatic nitrogens is 4. The minimum absolute atomic E-state index is 0.0774. The first kappa shape index (κ1) is 7.14. The van der Waals surface area contributed by atoms with Crippen LogP contribution in [0.3, 0.4) is 0 Å². The van der Waals surface area contributed by atoms with Gasteiger partial charge in [-0.25, -0.2) is 0 Å². The van der Waals surface area contributed by atoms with Gasteiger partial charge in [0.1, 0.15) is 0 Å². The van der Waals surface area contributed by atoms with Crippen LogP contribution in [0.1, 0.15) is 12.7 Å². The van der Waals surface area contributed by atoms with Gasteiger partial charge in [-0.05, 0) is 19.1 Å². The summed E-state index contributed by atoms with van der Waals surface area (Å²) in [7, 11) is 0. The van der Waals surface area contributed by atoms with Gasteiger partial charge in [0, 0.05) is 6.04 Å². The topological polar surface area (TPSA) is 69.6 Å². The van der Waals surface area contributed by atoms with Crippen LogP contribution in [0.5, 0.6) is 0 Å². The molecule has 0 amide bonds. The smallest absolute Gasteiger partial charge is 0.171 e. The lowest BCUT2D eigenvalue weighted by atomic mass is 10.4. The molecule has 0 saturated carbocycles. The Morgan fingerprint density at radius 1 is 1.70 bits per heavy atom. The quantitative estimate of drug-likeness (QED) is 0.593. The Hall–Kier alpha value is -0.970. The first-order valence-corrected chi connectivity index (χ1v) is 3.18. The molecule has 1 heterocycles. The molecule has 2 N–H and O–H groups in total. The number of nitrogens with zero attached hydrogens (tertiary/aromatic N) is 4. The molecule has 56 valence electrons. The molecule has 0 unspecified atom stereocenters. The van der Waals surface area contributed by atoms with Crippen molar-refractivity contribution in [3.05, 3.63) is 5.82 Å². The van der Waals surface area contributed by atoms with Gasteiger partial charge in [-0.1, -0.05) is 0 Å². The first-order valence-electron chi connectivity index (χ1n) is 3.18. The van der Waals surface area contributed by atoms with Crippen molar-refractivity contribution in [2.24, 2.45) is 5.73 Å². The summed E-state index contributed by atoms with van der Waals surface area (Å²) in [6.07, 6.45) is 0. The average molecular weight is 141 g/mol. The lowest BCUT2D eigenvalue weighted by Gasteiger charge is -2.00. The molecule has 0 aliphatic rings. The maximum atomic E-state index is 5.51. The van der Waals surface area contributed by atoms with Crippen molar-refractivity contribution in [2.75, 3.05) is 0 Å². The van der Waals surface area contributed by atoms with E-state index in [1.54, 1.807) is 6.92 Å². The van der Waals surface area contributed by atoms with Gasteiger partial charge < -0.3 is 5.73 Å². The maximum absolute atomic E-state index is 5.51. The number of aryl methyl sites for hydroxylation is 1. The van der Waals surface area contributed by atoms with Crippen molar-refractivity contribution in [2.45, 2.75) is 26.4 Å². The summed E-state index contributed by atoms with van der Waals surface area (Å²) in [5.41, 5.74) is 5.51. The van der Waals surface area contributed by atoms with Crippen molar-refractivity contribution < 1.29 is 0 Å². The van der Waals surface area contributed by atoms with Crippen LogP contribution in [-0.2, 0) is 6.54 Å². The van der Waals surface area contributed by atoms with Gasteiger partial charge in [0.25, 0.3) is 0 Å². The molecule has 1 rings (SSSR count). The molecule has 0 aliphatic carbocycles. The van der Waals surface area contributed by atoms with Crippen molar-refractivity contribution in [1.29, 1.82) is 0 Å². The molecule has 0 radical (unpaired) electrons. The first-order chi connectivity index (χ1) is 4.68. The second-order valence-corrected chi connectivity index (χ2v) is 2.37. The van der Waals surface area contributed by atoms with Gasteiger partial charge in [0.2, 0.25) is 0 Å². The van der Waals surface area contributed by atoms with Gasteiger partial charge in [0.05, 0.1) is 6.54 Å². The number of hydrogen-bond donors (Lipinski definition) is 1. The van der Waals surface area contributed by atoms with E-state index in [9.17, 15) is 0 Å². The van der Waals surface area contributed by atoms with Crippen LogP contribution in [0.2, 0.25) is 0 Å². The standard InChI is InChI=1S/C5H11N5/c1-4(6)3-10-8-5(2)7-9-10/h4H,3,6H2,1-2H3/t4-/m1/s1. The largest absolute Gasteiger partial charge is 0.326 e.